The average molecular weight is 316 g/mol. The Morgan fingerprint density at radius 1 is 1.13 bits per heavy atom. The summed E-state index contributed by atoms with van der Waals surface area (Å²) in [6, 6.07) is 0. The van der Waals surface area contributed by atoms with E-state index >= 15 is 0 Å². The Morgan fingerprint density at radius 3 is 2.74 bits per heavy atom. The van der Waals surface area contributed by atoms with Crippen LogP contribution < -0.4 is 0 Å². The Labute approximate surface area is 141 Å². The van der Waals surface area contributed by atoms with E-state index < -0.39 is 0 Å². The van der Waals surface area contributed by atoms with Gasteiger partial charge in [-0.15, -0.1) is 0 Å². The number of carbonyl (C=O) groups excluding carboxylic acids is 1. The lowest BCUT2D eigenvalue weighted by Gasteiger charge is -2.58. The third-order valence-corrected chi connectivity index (χ3v) is 8.25. The molecule has 0 aliphatic heterocycles. The first-order chi connectivity index (χ1) is 10.9. The molecule has 0 aromatic heterocycles. The zero-order valence-corrected chi connectivity index (χ0v) is 15.1. The number of hydrogen-bond acceptors (Lipinski definition) is 2. The van der Waals surface area contributed by atoms with Gasteiger partial charge in [0.1, 0.15) is 6.10 Å². The molecule has 23 heavy (non-hydrogen) atoms. The van der Waals surface area contributed by atoms with Crippen LogP contribution in [0.25, 0.3) is 0 Å². The molecule has 0 N–H and O–H groups in total. The molecule has 0 aromatic rings. The van der Waals surface area contributed by atoms with E-state index in [0.717, 1.165) is 24.2 Å². The van der Waals surface area contributed by atoms with Crippen molar-refractivity contribution in [3.8, 4) is 0 Å². The summed E-state index contributed by atoms with van der Waals surface area (Å²) in [5, 5.41) is 0. The smallest absolute Gasteiger partial charge is 0.302 e. The fourth-order valence-electron chi connectivity index (χ4n) is 7.10. The van der Waals surface area contributed by atoms with E-state index in [1.165, 1.54) is 51.4 Å². The van der Waals surface area contributed by atoms with Gasteiger partial charge in [0.25, 0.3) is 0 Å². The second-order valence-electron chi connectivity index (χ2n) is 9.17. The molecule has 0 radical (unpaired) electrons. The topological polar surface area (TPSA) is 26.3 Å². The lowest BCUT2D eigenvalue weighted by molar-refractivity contribution is -0.157. The molecule has 3 fully saturated rings. The van der Waals surface area contributed by atoms with Crippen molar-refractivity contribution in [3.05, 3.63) is 11.6 Å². The quantitative estimate of drug-likeness (QED) is 0.486. The third-order valence-electron chi connectivity index (χ3n) is 8.25. The zero-order valence-electron chi connectivity index (χ0n) is 15.1. The van der Waals surface area contributed by atoms with Crippen molar-refractivity contribution in [3.63, 3.8) is 0 Å². The van der Waals surface area contributed by atoms with E-state index in [9.17, 15) is 4.79 Å². The van der Waals surface area contributed by atoms with Gasteiger partial charge in [0.05, 0.1) is 0 Å². The van der Waals surface area contributed by atoms with Crippen molar-refractivity contribution >= 4 is 5.97 Å². The number of rotatable bonds is 1. The molecule has 0 spiro atoms. The summed E-state index contributed by atoms with van der Waals surface area (Å²) in [4.78, 5) is 11.5. The molecule has 0 unspecified atom stereocenters. The van der Waals surface area contributed by atoms with E-state index in [2.05, 4.69) is 19.9 Å². The minimum Gasteiger partial charge on any atom is -0.462 e. The average Bonchev–Trinajstić information content (AvgIpc) is 2.83. The van der Waals surface area contributed by atoms with Crippen molar-refractivity contribution < 1.29 is 9.53 Å². The summed E-state index contributed by atoms with van der Waals surface area (Å²) < 4.78 is 5.74. The maximum absolute atomic E-state index is 11.5. The third kappa shape index (κ3) is 2.23. The predicted octanol–water partition coefficient (Wildman–Crippen LogP) is 5.27. The van der Waals surface area contributed by atoms with Gasteiger partial charge in [0.15, 0.2) is 0 Å². The van der Waals surface area contributed by atoms with Crippen LogP contribution in [0.5, 0.6) is 0 Å². The second kappa shape index (κ2) is 5.36. The molecule has 0 heterocycles. The van der Waals surface area contributed by atoms with E-state index in [-0.39, 0.29) is 17.5 Å². The van der Waals surface area contributed by atoms with Crippen molar-refractivity contribution in [2.24, 2.45) is 28.6 Å². The Kier molecular flexibility index (Phi) is 3.66. The summed E-state index contributed by atoms with van der Waals surface area (Å²) in [6.07, 6.45) is 14.5. The monoisotopic (exact) mass is 316 g/mol. The molecule has 128 valence electrons. The Bertz CT molecular complexity index is 536. The number of esters is 1. The Balaban J connectivity index is 1.61. The van der Waals surface area contributed by atoms with E-state index in [1.807, 2.05) is 0 Å². The van der Waals surface area contributed by atoms with Crippen LogP contribution in [0.15, 0.2) is 11.6 Å². The summed E-state index contributed by atoms with van der Waals surface area (Å²) >= 11 is 0. The van der Waals surface area contributed by atoms with Gasteiger partial charge in [-0.05, 0) is 81.0 Å². The normalized spacial score (nSPS) is 48.7. The van der Waals surface area contributed by atoms with Gasteiger partial charge in [-0.25, -0.2) is 0 Å². The van der Waals surface area contributed by atoms with Crippen molar-refractivity contribution in [1.29, 1.82) is 0 Å². The van der Waals surface area contributed by atoms with Crippen LogP contribution in [0.1, 0.15) is 78.6 Å². The van der Waals surface area contributed by atoms with Gasteiger partial charge < -0.3 is 4.74 Å². The molecule has 4 aliphatic carbocycles. The van der Waals surface area contributed by atoms with Crippen molar-refractivity contribution in [2.45, 2.75) is 84.7 Å². The SMILES string of the molecule is CC(=O)O[C@H]1CC[C@H]2[C@@H]3CCC4=CCCC[C@]4(C)[C@H]3CC[C@]12C. The molecule has 4 aliphatic rings. The fraction of sp³-hybridized carbons (Fsp3) is 0.857. The number of fused-ring (bicyclic) bond motifs is 5. The molecule has 6 atom stereocenters. The minimum absolute atomic E-state index is 0.0906. The first-order valence-electron chi connectivity index (χ1n) is 9.82. The van der Waals surface area contributed by atoms with Gasteiger partial charge in [-0.2, -0.15) is 0 Å². The highest BCUT2D eigenvalue weighted by Crippen LogP contribution is 2.65. The van der Waals surface area contributed by atoms with Gasteiger partial charge in [0.2, 0.25) is 0 Å². The Morgan fingerprint density at radius 2 is 1.96 bits per heavy atom. The maximum Gasteiger partial charge on any atom is 0.302 e. The number of ether oxygens (including phenoxy) is 1. The number of carbonyl (C=O) groups is 1. The largest absolute Gasteiger partial charge is 0.462 e. The highest BCUT2D eigenvalue weighted by Gasteiger charge is 2.59. The van der Waals surface area contributed by atoms with Crippen LogP contribution in [0.2, 0.25) is 0 Å². The number of hydrogen-bond donors (Lipinski definition) is 0. The molecule has 3 saturated carbocycles. The van der Waals surface area contributed by atoms with E-state index in [4.69, 9.17) is 4.74 Å². The summed E-state index contributed by atoms with van der Waals surface area (Å²) in [7, 11) is 0. The standard InChI is InChI=1S/C21H32O2/c1-14(22)23-19-10-9-17-16-8-7-15-6-4-5-12-20(15,2)18(16)11-13-21(17,19)3/h6,16-19H,4-5,7-13H2,1-3H3/t16-,17-,18-,19-,20-,21-/m0/s1. The van der Waals surface area contributed by atoms with Gasteiger partial charge >= 0.3 is 5.97 Å². The van der Waals surface area contributed by atoms with Crippen LogP contribution in [-0.2, 0) is 9.53 Å². The van der Waals surface area contributed by atoms with Gasteiger partial charge in [-0.1, -0.05) is 25.5 Å². The van der Waals surface area contributed by atoms with Crippen molar-refractivity contribution in [2.75, 3.05) is 0 Å². The molecular weight excluding hydrogens is 284 g/mol. The molecule has 4 rings (SSSR count). The fourth-order valence-corrected chi connectivity index (χ4v) is 7.10. The van der Waals surface area contributed by atoms with Crippen LogP contribution in [0.3, 0.4) is 0 Å². The van der Waals surface area contributed by atoms with Crippen LogP contribution in [-0.4, -0.2) is 12.1 Å². The zero-order chi connectivity index (χ0) is 16.2. The summed E-state index contributed by atoms with van der Waals surface area (Å²) in [6.45, 7) is 6.56. The lowest BCUT2D eigenvalue weighted by atomic mass is 9.47. The lowest BCUT2D eigenvalue weighted by Crippen LogP contribution is -2.51. The first-order valence-corrected chi connectivity index (χ1v) is 9.82. The molecule has 0 aromatic carbocycles. The van der Waals surface area contributed by atoms with Crippen LogP contribution in [0, 0.1) is 28.6 Å². The second-order valence-corrected chi connectivity index (χ2v) is 9.17. The molecule has 2 heteroatoms. The summed E-state index contributed by atoms with van der Waals surface area (Å²) in [5.74, 6) is 2.41. The van der Waals surface area contributed by atoms with Gasteiger partial charge in [0, 0.05) is 12.3 Å². The molecule has 2 nitrogen and oxygen atoms in total. The Hall–Kier alpha value is -0.790. The van der Waals surface area contributed by atoms with Crippen LogP contribution >= 0.6 is 0 Å². The number of allylic oxidation sites excluding steroid dienone is 2. The molecule has 0 saturated heterocycles. The molecule has 0 amide bonds. The summed E-state index contributed by atoms with van der Waals surface area (Å²) in [5.41, 5.74) is 2.49. The van der Waals surface area contributed by atoms with Gasteiger partial charge in [-0.3, -0.25) is 4.79 Å². The highest BCUT2D eigenvalue weighted by molar-refractivity contribution is 5.66. The predicted molar refractivity (Wildman–Crippen MR) is 91.9 cm³/mol. The maximum atomic E-state index is 11.5. The first kappa shape index (κ1) is 15.7. The molecular formula is C21H32O2. The molecule has 0 bridgehead atoms. The van der Waals surface area contributed by atoms with E-state index in [1.54, 1.807) is 12.5 Å². The van der Waals surface area contributed by atoms with E-state index in [0.29, 0.717) is 5.41 Å². The van der Waals surface area contributed by atoms with Crippen molar-refractivity contribution in [1.82, 2.24) is 0 Å². The highest BCUT2D eigenvalue weighted by atomic mass is 16.5. The minimum atomic E-state index is -0.0906. The van der Waals surface area contributed by atoms with Crippen LogP contribution in [0.4, 0.5) is 0 Å².